The number of imidazole rings is 1. The normalized spacial score (nSPS) is 13.9. The van der Waals surface area contributed by atoms with Crippen LogP contribution in [-0.4, -0.2) is 25.3 Å². The van der Waals surface area contributed by atoms with Crippen molar-refractivity contribution in [1.29, 1.82) is 0 Å². The Kier molecular flexibility index (Phi) is 4.56. The fraction of sp³-hybridized carbons (Fsp3) is 0.350. The summed E-state index contributed by atoms with van der Waals surface area (Å²) in [5, 5.41) is 4.65. The summed E-state index contributed by atoms with van der Waals surface area (Å²) in [7, 11) is 1.88. The Hall–Kier alpha value is -2.89. The van der Waals surface area contributed by atoms with Gasteiger partial charge in [-0.05, 0) is 37.8 Å². The van der Waals surface area contributed by atoms with Gasteiger partial charge in [-0.15, -0.1) is 0 Å². The van der Waals surface area contributed by atoms with E-state index >= 15 is 0 Å². The summed E-state index contributed by atoms with van der Waals surface area (Å²) in [4.78, 5) is 16.8. The van der Waals surface area contributed by atoms with Crippen molar-refractivity contribution in [2.24, 2.45) is 7.05 Å². The third-order valence-corrected chi connectivity index (χ3v) is 4.89. The average molecular weight is 350 g/mol. The van der Waals surface area contributed by atoms with Gasteiger partial charge in [-0.2, -0.15) is 5.10 Å². The number of aromatic nitrogens is 4. The Bertz CT molecular complexity index is 911. The molecular formula is C20H22N4O2. The van der Waals surface area contributed by atoms with Crippen LogP contribution in [0, 0.1) is 0 Å². The van der Waals surface area contributed by atoms with Crippen LogP contribution < -0.4 is 0 Å². The number of fused-ring (bicyclic) bond motifs is 1. The number of carbonyl (C=O) groups is 1. The van der Waals surface area contributed by atoms with Crippen molar-refractivity contribution in [2.45, 2.75) is 38.7 Å². The fourth-order valence-electron chi connectivity index (χ4n) is 3.45. The lowest BCUT2D eigenvalue weighted by molar-refractivity contribution is 0.0456. The average Bonchev–Trinajstić information content (AvgIpc) is 3.15. The summed E-state index contributed by atoms with van der Waals surface area (Å²) < 4.78 is 9.30. The molecular weight excluding hydrogens is 328 g/mol. The van der Waals surface area contributed by atoms with E-state index in [9.17, 15) is 4.79 Å². The highest BCUT2D eigenvalue weighted by Gasteiger charge is 2.25. The van der Waals surface area contributed by atoms with Crippen molar-refractivity contribution in [3.05, 3.63) is 65.5 Å². The van der Waals surface area contributed by atoms with Crippen LogP contribution in [0.1, 0.15) is 46.7 Å². The topological polar surface area (TPSA) is 61.9 Å². The third kappa shape index (κ3) is 3.14. The number of ether oxygens (including phenoxy) is 1. The van der Waals surface area contributed by atoms with Gasteiger partial charge in [0.15, 0.2) is 5.69 Å². The van der Waals surface area contributed by atoms with Crippen LogP contribution in [0.25, 0.3) is 5.69 Å². The molecule has 0 atom stereocenters. The molecule has 3 aromatic rings. The Morgan fingerprint density at radius 2 is 1.96 bits per heavy atom. The molecule has 1 aliphatic carbocycles. The first kappa shape index (κ1) is 16.6. The van der Waals surface area contributed by atoms with Crippen LogP contribution in [0.5, 0.6) is 0 Å². The van der Waals surface area contributed by atoms with Crippen molar-refractivity contribution in [1.82, 2.24) is 19.3 Å². The third-order valence-electron chi connectivity index (χ3n) is 4.89. The molecule has 0 saturated heterocycles. The number of hydrogen-bond acceptors (Lipinski definition) is 4. The molecule has 6 heteroatoms. The smallest absolute Gasteiger partial charge is 0.359 e. The molecule has 0 saturated carbocycles. The SMILES string of the molecule is Cn1cncc1COC(=O)c1nn(-c2ccccc2)c2c1CCCCC2. The van der Waals surface area contributed by atoms with Gasteiger partial charge in [0.25, 0.3) is 0 Å². The van der Waals surface area contributed by atoms with E-state index < -0.39 is 0 Å². The van der Waals surface area contributed by atoms with E-state index in [1.807, 2.05) is 46.6 Å². The minimum atomic E-state index is -0.362. The second-order valence-electron chi connectivity index (χ2n) is 6.65. The molecule has 0 radical (unpaired) electrons. The van der Waals surface area contributed by atoms with Gasteiger partial charge in [0.05, 0.1) is 23.9 Å². The van der Waals surface area contributed by atoms with Gasteiger partial charge in [0.2, 0.25) is 0 Å². The molecule has 4 rings (SSSR count). The molecule has 0 N–H and O–H groups in total. The zero-order valence-electron chi connectivity index (χ0n) is 14.9. The van der Waals surface area contributed by atoms with E-state index in [0.29, 0.717) is 5.69 Å². The number of esters is 1. The molecule has 0 bridgehead atoms. The largest absolute Gasteiger partial charge is 0.454 e. The summed E-state index contributed by atoms with van der Waals surface area (Å²) >= 11 is 0. The number of benzene rings is 1. The van der Waals surface area contributed by atoms with Crippen LogP contribution in [0.2, 0.25) is 0 Å². The van der Waals surface area contributed by atoms with Crippen molar-refractivity contribution in [3.8, 4) is 5.69 Å². The Labute approximate surface area is 152 Å². The first-order valence-electron chi connectivity index (χ1n) is 9.02. The van der Waals surface area contributed by atoms with Crippen molar-refractivity contribution >= 4 is 5.97 Å². The minimum absolute atomic E-state index is 0.197. The van der Waals surface area contributed by atoms with E-state index in [1.165, 1.54) is 6.42 Å². The fourth-order valence-corrected chi connectivity index (χ4v) is 3.45. The minimum Gasteiger partial charge on any atom is -0.454 e. The summed E-state index contributed by atoms with van der Waals surface area (Å²) in [6, 6.07) is 9.99. The molecule has 0 fully saturated rings. The molecule has 2 heterocycles. The lowest BCUT2D eigenvalue weighted by Gasteiger charge is -2.06. The predicted octanol–water partition coefficient (Wildman–Crippen LogP) is 3.23. The molecule has 0 amide bonds. The summed E-state index contributed by atoms with van der Waals surface area (Å²) in [5.41, 5.74) is 4.47. The number of carbonyl (C=O) groups excluding carboxylic acids is 1. The Morgan fingerprint density at radius 3 is 2.73 bits per heavy atom. The molecule has 1 aromatic carbocycles. The van der Waals surface area contributed by atoms with E-state index in [0.717, 1.165) is 48.3 Å². The van der Waals surface area contributed by atoms with Gasteiger partial charge in [-0.3, -0.25) is 0 Å². The van der Waals surface area contributed by atoms with E-state index in [1.54, 1.807) is 12.5 Å². The van der Waals surface area contributed by atoms with Crippen molar-refractivity contribution in [2.75, 3.05) is 0 Å². The molecule has 26 heavy (non-hydrogen) atoms. The van der Waals surface area contributed by atoms with Gasteiger partial charge in [-0.25, -0.2) is 14.5 Å². The molecule has 1 aliphatic rings. The second-order valence-corrected chi connectivity index (χ2v) is 6.65. The first-order chi connectivity index (χ1) is 12.7. The molecule has 134 valence electrons. The number of hydrogen-bond donors (Lipinski definition) is 0. The number of nitrogens with zero attached hydrogens (tertiary/aromatic N) is 4. The van der Waals surface area contributed by atoms with Crippen LogP contribution in [-0.2, 0) is 31.2 Å². The highest BCUT2D eigenvalue weighted by Crippen LogP contribution is 2.27. The quantitative estimate of drug-likeness (QED) is 0.535. The van der Waals surface area contributed by atoms with Crippen molar-refractivity contribution in [3.63, 3.8) is 0 Å². The Morgan fingerprint density at radius 1 is 1.15 bits per heavy atom. The van der Waals surface area contributed by atoms with E-state index in [-0.39, 0.29) is 12.6 Å². The lowest BCUT2D eigenvalue weighted by atomic mass is 10.1. The zero-order valence-corrected chi connectivity index (χ0v) is 14.9. The lowest BCUT2D eigenvalue weighted by Crippen LogP contribution is -2.10. The number of rotatable bonds is 4. The van der Waals surface area contributed by atoms with Crippen LogP contribution in [0.3, 0.4) is 0 Å². The molecule has 6 nitrogen and oxygen atoms in total. The summed E-state index contributed by atoms with van der Waals surface area (Å²) in [6.45, 7) is 0.197. The summed E-state index contributed by atoms with van der Waals surface area (Å²) in [5.74, 6) is -0.362. The van der Waals surface area contributed by atoms with Gasteiger partial charge in [0.1, 0.15) is 6.61 Å². The second kappa shape index (κ2) is 7.15. The van der Waals surface area contributed by atoms with Crippen LogP contribution in [0.4, 0.5) is 0 Å². The Balaban J connectivity index is 1.66. The number of para-hydroxylation sites is 1. The highest BCUT2D eigenvalue weighted by atomic mass is 16.5. The molecule has 0 spiro atoms. The zero-order chi connectivity index (χ0) is 17.9. The predicted molar refractivity (Wildman–Crippen MR) is 97.2 cm³/mol. The van der Waals surface area contributed by atoms with E-state index in [2.05, 4.69) is 10.1 Å². The van der Waals surface area contributed by atoms with Crippen molar-refractivity contribution < 1.29 is 9.53 Å². The van der Waals surface area contributed by atoms with Gasteiger partial charge in [0, 0.05) is 18.3 Å². The highest BCUT2D eigenvalue weighted by molar-refractivity contribution is 5.89. The van der Waals surface area contributed by atoms with Crippen LogP contribution in [0.15, 0.2) is 42.9 Å². The summed E-state index contributed by atoms with van der Waals surface area (Å²) in [6.07, 6.45) is 8.58. The maximum Gasteiger partial charge on any atom is 0.359 e. The molecule has 2 aromatic heterocycles. The first-order valence-corrected chi connectivity index (χ1v) is 9.02. The molecule has 0 unspecified atom stereocenters. The monoisotopic (exact) mass is 350 g/mol. The van der Waals surface area contributed by atoms with Crippen LogP contribution >= 0.6 is 0 Å². The van der Waals surface area contributed by atoms with Gasteiger partial charge >= 0.3 is 5.97 Å². The maximum absolute atomic E-state index is 12.8. The van der Waals surface area contributed by atoms with Gasteiger partial charge in [-0.1, -0.05) is 24.6 Å². The maximum atomic E-state index is 12.8. The van der Waals surface area contributed by atoms with Gasteiger partial charge < -0.3 is 9.30 Å². The van der Waals surface area contributed by atoms with E-state index in [4.69, 9.17) is 4.74 Å². The molecule has 0 aliphatic heterocycles. The number of aryl methyl sites for hydroxylation is 1. The standard InChI is InChI=1S/C20H22N4O2/c1-23-14-21-12-16(23)13-26-20(25)19-17-10-6-3-7-11-18(17)24(22-19)15-8-4-2-5-9-15/h2,4-5,8-9,12,14H,3,6-7,10-11,13H2,1H3.